The molecule has 0 bridgehead atoms. The number of hydrogen-bond acceptors (Lipinski definition) is 7. The fourth-order valence-electron chi connectivity index (χ4n) is 4.78. The van der Waals surface area contributed by atoms with Gasteiger partial charge in [0.15, 0.2) is 0 Å². The van der Waals surface area contributed by atoms with Crippen molar-refractivity contribution in [1.82, 2.24) is 19.9 Å². The van der Waals surface area contributed by atoms with Crippen LogP contribution in [0.25, 0.3) is 11.3 Å². The summed E-state index contributed by atoms with van der Waals surface area (Å²) >= 11 is 0. The monoisotopic (exact) mass is 473 g/mol. The minimum absolute atomic E-state index is 0.0331. The van der Waals surface area contributed by atoms with Crippen LogP contribution in [0.3, 0.4) is 0 Å². The second-order valence-corrected chi connectivity index (χ2v) is 9.74. The highest BCUT2D eigenvalue weighted by Gasteiger charge is 2.31. The first-order valence-electron chi connectivity index (χ1n) is 12.0. The zero-order chi connectivity index (χ0) is 24.6. The number of fused-ring (bicyclic) bond motifs is 1. The van der Waals surface area contributed by atoms with Crippen molar-refractivity contribution in [2.24, 2.45) is 0 Å². The number of morpholine rings is 1. The normalized spacial score (nSPS) is 16.6. The molecule has 1 aliphatic heterocycles. The van der Waals surface area contributed by atoms with E-state index in [9.17, 15) is 4.79 Å². The molecule has 5 rings (SSSR count). The lowest BCUT2D eigenvalue weighted by Gasteiger charge is -2.28. The first-order chi connectivity index (χ1) is 16.9. The molecule has 35 heavy (non-hydrogen) atoms. The van der Waals surface area contributed by atoms with Crippen LogP contribution in [-0.2, 0) is 16.6 Å². The van der Waals surface area contributed by atoms with Crippen LogP contribution in [0.4, 0.5) is 11.6 Å². The van der Waals surface area contributed by atoms with Gasteiger partial charge in [0, 0.05) is 54.1 Å². The van der Waals surface area contributed by atoms with Gasteiger partial charge in [-0.25, -0.2) is 9.97 Å². The van der Waals surface area contributed by atoms with Gasteiger partial charge in [0.05, 0.1) is 26.0 Å². The second-order valence-electron chi connectivity index (χ2n) is 9.74. The molecule has 1 aliphatic carbocycles. The van der Waals surface area contributed by atoms with Gasteiger partial charge in [-0.15, -0.1) is 0 Å². The Kier molecular flexibility index (Phi) is 6.15. The number of ether oxygens (including phenoxy) is 2. The first kappa shape index (κ1) is 23.2. The van der Waals surface area contributed by atoms with Crippen LogP contribution in [-0.4, -0.2) is 59.2 Å². The molecular formula is C27H31N5O3. The van der Waals surface area contributed by atoms with Gasteiger partial charge < -0.3 is 19.7 Å². The molecule has 8 nitrogen and oxygen atoms in total. The SMILES string of the molecule is COc1cc(Nc2nccc(-c3cnc4c(c3)C(C)(C)CC4)n2)c(C)c(C(=O)N2CCOCC2)c1. The van der Waals surface area contributed by atoms with Gasteiger partial charge in [-0.2, -0.15) is 0 Å². The summed E-state index contributed by atoms with van der Waals surface area (Å²) in [5.74, 6) is 1.01. The summed E-state index contributed by atoms with van der Waals surface area (Å²) in [7, 11) is 1.59. The van der Waals surface area contributed by atoms with Crippen LogP contribution in [0.15, 0.2) is 36.7 Å². The number of aryl methyl sites for hydroxylation is 1. The smallest absolute Gasteiger partial charge is 0.254 e. The highest BCUT2D eigenvalue weighted by Crippen LogP contribution is 2.39. The van der Waals surface area contributed by atoms with E-state index in [0.717, 1.165) is 35.3 Å². The van der Waals surface area contributed by atoms with Gasteiger partial charge in [-0.1, -0.05) is 13.8 Å². The highest BCUT2D eigenvalue weighted by atomic mass is 16.5. The van der Waals surface area contributed by atoms with Crippen LogP contribution in [0.5, 0.6) is 5.75 Å². The van der Waals surface area contributed by atoms with E-state index in [1.165, 1.54) is 11.3 Å². The highest BCUT2D eigenvalue weighted by molar-refractivity contribution is 5.98. The molecule has 0 saturated carbocycles. The Labute approximate surface area is 205 Å². The minimum Gasteiger partial charge on any atom is -0.497 e. The molecule has 2 aliphatic rings. The minimum atomic E-state index is -0.0331. The number of carbonyl (C=O) groups excluding carboxylic acids is 1. The fourth-order valence-corrected chi connectivity index (χ4v) is 4.78. The predicted octanol–water partition coefficient (Wildman–Crippen LogP) is 4.30. The third-order valence-corrected chi connectivity index (χ3v) is 7.03. The Morgan fingerprint density at radius 1 is 1.17 bits per heavy atom. The molecule has 0 spiro atoms. The predicted molar refractivity (Wildman–Crippen MR) is 134 cm³/mol. The van der Waals surface area contributed by atoms with E-state index in [1.54, 1.807) is 19.4 Å². The maximum atomic E-state index is 13.2. The molecule has 1 aromatic carbocycles. The third kappa shape index (κ3) is 4.58. The second kappa shape index (κ2) is 9.26. The summed E-state index contributed by atoms with van der Waals surface area (Å²) in [5, 5.41) is 3.31. The third-order valence-electron chi connectivity index (χ3n) is 7.03. The molecule has 0 radical (unpaired) electrons. The number of nitrogens with zero attached hydrogens (tertiary/aromatic N) is 4. The Bertz CT molecular complexity index is 1270. The molecule has 182 valence electrons. The molecule has 1 amide bonds. The van der Waals surface area contributed by atoms with Crippen molar-refractivity contribution in [2.45, 2.75) is 39.0 Å². The van der Waals surface area contributed by atoms with Crippen molar-refractivity contribution >= 4 is 17.5 Å². The van der Waals surface area contributed by atoms with Crippen LogP contribution in [0, 0.1) is 6.92 Å². The van der Waals surface area contributed by atoms with E-state index in [2.05, 4.69) is 30.2 Å². The Balaban J connectivity index is 1.45. The number of benzene rings is 1. The number of amides is 1. The average Bonchev–Trinajstić information content (AvgIpc) is 3.19. The van der Waals surface area contributed by atoms with Gasteiger partial charge in [-0.3, -0.25) is 9.78 Å². The molecule has 0 unspecified atom stereocenters. The van der Waals surface area contributed by atoms with Gasteiger partial charge in [-0.05, 0) is 54.5 Å². The van der Waals surface area contributed by atoms with Crippen molar-refractivity contribution in [3.05, 3.63) is 59.0 Å². The molecular weight excluding hydrogens is 442 g/mol. The van der Waals surface area contributed by atoms with Crippen molar-refractivity contribution in [3.63, 3.8) is 0 Å². The molecule has 1 fully saturated rings. The molecule has 3 aromatic rings. The van der Waals surface area contributed by atoms with E-state index < -0.39 is 0 Å². The number of aromatic nitrogens is 3. The van der Waals surface area contributed by atoms with Gasteiger partial charge in [0.2, 0.25) is 5.95 Å². The summed E-state index contributed by atoms with van der Waals surface area (Å²) in [6.45, 7) is 8.71. The van der Waals surface area contributed by atoms with Gasteiger partial charge in [0.25, 0.3) is 5.91 Å². The van der Waals surface area contributed by atoms with E-state index >= 15 is 0 Å². The van der Waals surface area contributed by atoms with E-state index in [4.69, 9.17) is 19.4 Å². The number of pyridine rings is 1. The van der Waals surface area contributed by atoms with Gasteiger partial charge >= 0.3 is 0 Å². The number of anilines is 2. The average molecular weight is 474 g/mol. The summed E-state index contributed by atoms with van der Waals surface area (Å²) < 4.78 is 10.9. The lowest BCUT2D eigenvalue weighted by molar-refractivity contribution is 0.0302. The lowest BCUT2D eigenvalue weighted by atomic mass is 9.86. The van der Waals surface area contributed by atoms with E-state index in [-0.39, 0.29) is 11.3 Å². The topological polar surface area (TPSA) is 89.5 Å². The number of nitrogens with one attached hydrogen (secondary N) is 1. The molecule has 1 N–H and O–H groups in total. The maximum Gasteiger partial charge on any atom is 0.254 e. The zero-order valence-electron chi connectivity index (χ0n) is 20.7. The quantitative estimate of drug-likeness (QED) is 0.591. The standard InChI is InChI=1S/C27H31N5O3/c1-17-20(25(33)32-9-11-35-12-10-32)14-19(34-4)15-24(17)31-26-28-8-6-22(30-26)18-13-21-23(29-16-18)5-7-27(21,2)3/h6,8,13-16H,5,7,9-12H2,1-4H3,(H,28,30,31). The Hall–Kier alpha value is -3.52. The van der Waals surface area contributed by atoms with Crippen LogP contribution in [0.1, 0.15) is 47.4 Å². The van der Waals surface area contributed by atoms with Crippen LogP contribution < -0.4 is 10.1 Å². The number of rotatable bonds is 5. The van der Waals surface area contributed by atoms with E-state index in [1.807, 2.05) is 30.2 Å². The lowest BCUT2D eigenvalue weighted by Crippen LogP contribution is -2.41. The number of methoxy groups -OCH3 is 1. The van der Waals surface area contributed by atoms with E-state index in [0.29, 0.717) is 43.6 Å². The molecule has 0 atom stereocenters. The summed E-state index contributed by atoms with van der Waals surface area (Å²) in [4.78, 5) is 28.9. The van der Waals surface area contributed by atoms with Crippen molar-refractivity contribution in [3.8, 4) is 17.0 Å². The Morgan fingerprint density at radius 2 is 1.97 bits per heavy atom. The van der Waals surface area contributed by atoms with Crippen molar-refractivity contribution < 1.29 is 14.3 Å². The zero-order valence-corrected chi connectivity index (χ0v) is 20.7. The summed E-state index contributed by atoms with van der Waals surface area (Å²) in [5.41, 5.74) is 6.49. The largest absolute Gasteiger partial charge is 0.497 e. The van der Waals surface area contributed by atoms with Gasteiger partial charge in [0.1, 0.15) is 5.75 Å². The summed E-state index contributed by atoms with van der Waals surface area (Å²) in [6, 6.07) is 7.74. The van der Waals surface area contributed by atoms with Crippen molar-refractivity contribution in [1.29, 1.82) is 0 Å². The van der Waals surface area contributed by atoms with Crippen LogP contribution >= 0.6 is 0 Å². The first-order valence-corrected chi connectivity index (χ1v) is 12.0. The Morgan fingerprint density at radius 3 is 2.74 bits per heavy atom. The fraction of sp³-hybridized carbons (Fsp3) is 0.407. The number of carbonyl (C=O) groups is 1. The van der Waals surface area contributed by atoms with Crippen molar-refractivity contribution in [2.75, 3.05) is 38.7 Å². The van der Waals surface area contributed by atoms with Crippen LogP contribution in [0.2, 0.25) is 0 Å². The molecule has 1 saturated heterocycles. The molecule has 3 heterocycles. The maximum absolute atomic E-state index is 13.2. The summed E-state index contributed by atoms with van der Waals surface area (Å²) in [6.07, 6.45) is 5.75. The number of hydrogen-bond donors (Lipinski definition) is 1. The molecule has 8 heteroatoms. The molecule has 2 aromatic heterocycles.